The van der Waals surface area contributed by atoms with Crippen molar-refractivity contribution in [2.75, 3.05) is 50.8 Å². The number of β-amino-alcohol motifs (C(OH)–C–C–N with tert-alkyl or cyclic N) is 1. The lowest BCUT2D eigenvalue weighted by Gasteiger charge is -2.36. The first-order valence-corrected chi connectivity index (χ1v) is 10.2. The van der Waals surface area contributed by atoms with Gasteiger partial charge >= 0.3 is 0 Å². The molecule has 0 bridgehead atoms. The van der Waals surface area contributed by atoms with E-state index in [0.717, 1.165) is 44.9 Å². The van der Waals surface area contributed by atoms with Gasteiger partial charge in [0.1, 0.15) is 5.82 Å². The maximum absolute atomic E-state index is 13.0. The van der Waals surface area contributed by atoms with Gasteiger partial charge in [0.15, 0.2) is 0 Å². The molecule has 0 amide bonds. The molecule has 148 valence electrons. The molecule has 1 N–H and O–H groups in total. The minimum Gasteiger partial charge on any atom is -0.389 e. The van der Waals surface area contributed by atoms with E-state index in [0.29, 0.717) is 13.2 Å². The van der Waals surface area contributed by atoms with Crippen molar-refractivity contribution in [2.45, 2.75) is 51.6 Å². The van der Waals surface area contributed by atoms with Gasteiger partial charge in [-0.1, -0.05) is 39.0 Å². The van der Waals surface area contributed by atoms with Crippen LogP contribution in [0, 0.1) is 5.82 Å². The monoisotopic (exact) mass is 366 g/mol. The highest BCUT2D eigenvalue weighted by Gasteiger charge is 2.19. The molecule has 5 heteroatoms. The van der Waals surface area contributed by atoms with Crippen LogP contribution in [0.2, 0.25) is 0 Å². The molecule has 1 aliphatic rings. The van der Waals surface area contributed by atoms with Crippen molar-refractivity contribution in [1.82, 2.24) is 4.90 Å². The highest BCUT2D eigenvalue weighted by molar-refractivity contribution is 5.46. The van der Waals surface area contributed by atoms with Gasteiger partial charge in [-0.15, -0.1) is 0 Å². The first-order valence-electron chi connectivity index (χ1n) is 10.2. The normalized spacial score (nSPS) is 16.8. The molecule has 1 aromatic rings. The number of hydrogen-bond donors (Lipinski definition) is 1. The standard InChI is InChI=1S/C21H35FN2O2/c1-2-3-4-5-6-7-16-26-18-21(25)17-23-12-14-24(15-13-23)20-10-8-19(22)9-11-20/h8-11,21,25H,2-7,12-18H2,1H3. The first kappa shape index (κ1) is 21.1. The van der Waals surface area contributed by atoms with Gasteiger partial charge in [0.25, 0.3) is 0 Å². The molecule has 1 saturated heterocycles. The minimum absolute atomic E-state index is 0.198. The Labute approximate surface area is 157 Å². The number of aliphatic hydroxyl groups is 1. The Morgan fingerprint density at radius 3 is 2.35 bits per heavy atom. The number of rotatable bonds is 12. The summed E-state index contributed by atoms with van der Waals surface area (Å²) >= 11 is 0. The van der Waals surface area contributed by atoms with Gasteiger partial charge in [0, 0.05) is 45.0 Å². The molecule has 1 aliphatic heterocycles. The molecule has 0 spiro atoms. The number of halogens is 1. The van der Waals surface area contributed by atoms with Crippen molar-refractivity contribution in [1.29, 1.82) is 0 Å². The molecule has 1 unspecified atom stereocenters. The van der Waals surface area contributed by atoms with Crippen molar-refractivity contribution in [2.24, 2.45) is 0 Å². The van der Waals surface area contributed by atoms with Crippen molar-refractivity contribution in [3.8, 4) is 0 Å². The number of unbranched alkanes of at least 4 members (excludes halogenated alkanes) is 5. The fourth-order valence-electron chi connectivity index (χ4n) is 3.40. The third-order valence-corrected chi connectivity index (χ3v) is 4.99. The zero-order valence-electron chi connectivity index (χ0n) is 16.2. The molecule has 0 aromatic heterocycles. The Morgan fingerprint density at radius 2 is 1.65 bits per heavy atom. The lowest BCUT2D eigenvalue weighted by atomic mass is 10.1. The average Bonchev–Trinajstić information content (AvgIpc) is 2.65. The maximum atomic E-state index is 13.0. The number of piperazine rings is 1. The Balaban J connectivity index is 1.52. The molecule has 0 aliphatic carbocycles. The van der Waals surface area contributed by atoms with Crippen LogP contribution in [-0.4, -0.2) is 62.0 Å². The summed E-state index contributed by atoms with van der Waals surface area (Å²) in [7, 11) is 0. The van der Waals surface area contributed by atoms with Crippen molar-refractivity contribution in [3.63, 3.8) is 0 Å². The van der Waals surface area contributed by atoms with Crippen LogP contribution in [0.25, 0.3) is 0 Å². The molecule has 1 heterocycles. The molecule has 1 atom stereocenters. The molecule has 0 radical (unpaired) electrons. The van der Waals surface area contributed by atoms with Crippen LogP contribution in [0.4, 0.5) is 10.1 Å². The lowest BCUT2D eigenvalue weighted by Crippen LogP contribution is -2.49. The van der Waals surface area contributed by atoms with E-state index >= 15 is 0 Å². The zero-order chi connectivity index (χ0) is 18.6. The van der Waals surface area contributed by atoms with Gasteiger partial charge < -0.3 is 14.7 Å². The molecule has 26 heavy (non-hydrogen) atoms. The molecule has 2 rings (SSSR count). The van der Waals surface area contributed by atoms with E-state index in [4.69, 9.17) is 4.74 Å². The van der Waals surface area contributed by atoms with Gasteiger partial charge in [-0.05, 0) is 30.7 Å². The Kier molecular flexibility index (Phi) is 9.96. The van der Waals surface area contributed by atoms with Crippen LogP contribution in [0.15, 0.2) is 24.3 Å². The highest BCUT2D eigenvalue weighted by Crippen LogP contribution is 2.17. The minimum atomic E-state index is -0.424. The van der Waals surface area contributed by atoms with E-state index in [1.165, 1.54) is 44.2 Å². The predicted octanol–water partition coefficient (Wildman–Crippen LogP) is 3.69. The summed E-state index contributed by atoms with van der Waals surface area (Å²) in [5.74, 6) is -0.198. The third kappa shape index (κ3) is 8.02. The van der Waals surface area contributed by atoms with E-state index < -0.39 is 6.10 Å². The summed E-state index contributed by atoms with van der Waals surface area (Å²) in [6, 6.07) is 6.67. The summed E-state index contributed by atoms with van der Waals surface area (Å²) < 4.78 is 18.6. The van der Waals surface area contributed by atoms with Crippen LogP contribution in [0.5, 0.6) is 0 Å². The van der Waals surface area contributed by atoms with E-state index in [1.807, 2.05) is 12.1 Å². The van der Waals surface area contributed by atoms with Crippen LogP contribution in [0.3, 0.4) is 0 Å². The van der Waals surface area contributed by atoms with Gasteiger partial charge in [-0.25, -0.2) is 4.39 Å². The zero-order valence-corrected chi connectivity index (χ0v) is 16.2. The lowest BCUT2D eigenvalue weighted by molar-refractivity contribution is 0.0146. The van der Waals surface area contributed by atoms with Crippen molar-refractivity contribution < 1.29 is 14.2 Å². The molecule has 4 nitrogen and oxygen atoms in total. The second-order valence-corrected chi connectivity index (χ2v) is 7.26. The SMILES string of the molecule is CCCCCCCCOCC(O)CN1CCN(c2ccc(F)cc2)CC1. The van der Waals surface area contributed by atoms with Gasteiger partial charge in [-0.2, -0.15) is 0 Å². The maximum Gasteiger partial charge on any atom is 0.123 e. The van der Waals surface area contributed by atoms with E-state index in [1.54, 1.807) is 0 Å². The summed E-state index contributed by atoms with van der Waals surface area (Å²) in [6.45, 7) is 7.68. The largest absolute Gasteiger partial charge is 0.389 e. The van der Waals surface area contributed by atoms with Gasteiger partial charge in [0.05, 0.1) is 12.7 Å². The Bertz CT molecular complexity index is 475. The summed E-state index contributed by atoms with van der Waals surface area (Å²) in [5, 5.41) is 10.2. The quantitative estimate of drug-likeness (QED) is 0.573. The smallest absolute Gasteiger partial charge is 0.123 e. The summed E-state index contributed by atoms with van der Waals surface area (Å²) in [4.78, 5) is 4.54. The number of nitrogens with zero attached hydrogens (tertiary/aromatic N) is 2. The Hall–Kier alpha value is -1.17. The Morgan fingerprint density at radius 1 is 1.00 bits per heavy atom. The third-order valence-electron chi connectivity index (χ3n) is 4.99. The molecule has 0 saturated carbocycles. The summed E-state index contributed by atoms with van der Waals surface area (Å²) in [5.41, 5.74) is 1.06. The molecule has 1 fully saturated rings. The fraction of sp³-hybridized carbons (Fsp3) is 0.714. The number of hydrogen-bond acceptors (Lipinski definition) is 4. The van der Waals surface area contributed by atoms with E-state index in [-0.39, 0.29) is 5.82 Å². The van der Waals surface area contributed by atoms with Crippen LogP contribution >= 0.6 is 0 Å². The summed E-state index contributed by atoms with van der Waals surface area (Å²) in [6.07, 6.45) is 7.11. The number of benzene rings is 1. The van der Waals surface area contributed by atoms with Crippen LogP contribution in [0.1, 0.15) is 45.4 Å². The fourth-order valence-corrected chi connectivity index (χ4v) is 3.40. The second-order valence-electron chi connectivity index (χ2n) is 7.26. The molecular weight excluding hydrogens is 331 g/mol. The van der Waals surface area contributed by atoms with Crippen LogP contribution in [-0.2, 0) is 4.74 Å². The number of aliphatic hydroxyl groups excluding tert-OH is 1. The van der Waals surface area contributed by atoms with Crippen LogP contribution < -0.4 is 4.90 Å². The van der Waals surface area contributed by atoms with E-state index in [2.05, 4.69) is 16.7 Å². The van der Waals surface area contributed by atoms with Crippen molar-refractivity contribution in [3.05, 3.63) is 30.1 Å². The predicted molar refractivity (Wildman–Crippen MR) is 105 cm³/mol. The van der Waals surface area contributed by atoms with Gasteiger partial charge in [-0.3, -0.25) is 4.90 Å². The first-order chi connectivity index (χ1) is 12.7. The second kappa shape index (κ2) is 12.3. The number of ether oxygens (including phenoxy) is 1. The van der Waals surface area contributed by atoms with Gasteiger partial charge in [0.2, 0.25) is 0 Å². The average molecular weight is 367 g/mol. The van der Waals surface area contributed by atoms with Crippen molar-refractivity contribution >= 4 is 5.69 Å². The number of anilines is 1. The van der Waals surface area contributed by atoms with E-state index in [9.17, 15) is 9.50 Å². The highest BCUT2D eigenvalue weighted by atomic mass is 19.1. The molecule has 1 aromatic carbocycles. The topological polar surface area (TPSA) is 35.9 Å². The molecular formula is C21H35FN2O2.